The van der Waals surface area contributed by atoms with Crippen molar-refractivity contribution in [3.8, 4) is 0 Å². The van der Waals surface area contributed by atoms with Gasteiger partial charge in [0.25, 0.3) is 5.91 Å². The van der Waals surface area contributed by atoms with Gasteiger partial charge < -0.3 is 5.32 Å². The van der Waals surface area contributed by atoms with Crippen LogP contribution in [0.4, 0.5) is 0 Å². The van der Waals surface area contributed by atoms with Gasteiger partial charge in [0, 0.05) is 13.6 Å². The Morgan fingerprint density at radius 1 is 1.47 bits per heavy atom. The molecule has 1 heterocycles. The minimum Gasteiger partial charge on any atom is -0.361 e. The van der Waals surface area contributed by atoms with Gasteiger partial charge in [0.15, 0.2) is 10.8 Å². The van der Waals surface area contributed by atoms with E-state index in [0.717, 1.165) is 25.1 Å². The molecule has 0 bridgehead atoms. The third-order valence-electron chi connectivity index (χ3n) is 2.58. The Kier molecular flexibility index (Phi) is 6.23. The van der Waals surface area contributed by atoms with E-state index in [1.54, 1.807) is 11.7 Å². The molecular formula is C11H18BrN5OS. The predicted molar refractivity (Wildman–Crippen MR) is 81.8 cm³/mol. The number of rotatable bonds is 4. The molecule has 1 aromatic rings. The highest BCUT2D eigenvalue weighted by atomic mass is 79.9. The van der Waals surface area contributed by atoms with Gasteiger partial charge in [-0.3, -0.25) is 20.3 Å². The van der Waals surface area contributed by atoms with E-state index < -0.39 is 0 Å². The summed E-state index contributed by atoms with van der Waals surface area (Å²) in [6.45, 7) is 4.75. The van der Waals surface area contributed by atoms with E-state index in [1.165, 1.54) is 0 Å². The summed E-state index contributed by atoms with van der Waals surface area (Å²) < 4.78 is 2.32. The minimum atomic E-state index is -0.338. The van der Waals surface area contributed by atoms with Crippen LogP contribution in [0.5, 0.6) is 0 Å². The maximum atomic E-state index is 11.9. The largest absolute Gasteiger partial charge is 0.361 e. The topological polar surface area (TPSA) is 71.0 Å². The third-order valence-corrected chi connectivity index (χ3v) is 3.78. The first-order valence-corrected chi connectivity index (χ1v) is 7.20. The second-order valence-corrected chi connectivity index (χ2v) is 5.26. The van der Waals surface area contributed by atoms with Gasteiger partial charge in [-0.15, -0.1) is 0 Å². The Hall–Kier alpha value is -1.15. The van der Waals surface area contributed by atoms with Gasteiger partial charge in [0.1, 0.15) is 0 Å². The molecular weight excluding hydrogens is 330 g/mol. The number of hydrazine groups is 1. The van der Waals surface area contributed by atoms with Crippen LogP contribution in [0.15, 0.2) is 4.47 Å². The lowest BCUT2D eigenvalue weighted by Crippen LogP contribution is -2.47. The first-order valence-electron chi connectivity index (χ1n) is 6.00. The number of carbonyl (C=O) groups is 1. The van der Waals surface area contributed by atoms with Gasteiger partial charge in [-0.2, -0.15) is 5.10 Å². The van der Waals surface area contributed by atoms with Crippen molar-refractivity contribution >= 4 is 39.2 Å². The van der Waals surface area contributed by atoms with E-state index in [1.807, 2.05) is 6.92 Å². The monoisotopic (exact) mass is 347 g/mol. The smallest absolute Gasteiger partial charge is 0.291 e. The summed E-state index contributed by atoms with van der Waals surface area (Å²) in [5, 5.41) is 7.50. The first-order chi connectivity index (χ1) is 8.97. The number of carbonyl (C=O) groups excluding carboxylic acids is 1. The van der Waals surface area contributed by atoms with Crippen LogP contribution < -0.4 is 16.2 Å². The third kappa shape index (κ3) is 4.46. The molecule has 0 radical (unpaired) electrons. The number of aryl methyl sites for hydroxylation is 1. The Morgan fingerprint density at radius 3 is 2.68 bits per heavy atom. The van der Waals surface area contributed by atoms with Gasteiger partial charge in [0.2, 0.25) is 0 Å². The minimum absolute atomic E-state index is 0.323. The van der Waals surface area contributed by atoms with Crippen molar-refractivity contribution in [2.75, 3.05) is 6.54 Å². The molecule has 0 spiro atoms. The Bertz CT molecular complexity index is 474. The first kappa shape index (κ1) is 15.9. The van der Waals surface area contributed by atoms with Gasteiger partial charge in [-0.25, -0.2) is 0 Å². The van der Waals surface area contributed by atoms with Crippen molar-refractivity contribution in [1.82, 2.24) is 25.9 Å². The molecule has 0 fully saturated rings. The Balaban J connectivity index is 2.47. The fourth-order valence-electron chi connectivity index (χ4n) is 1.32. The van der Waals surface area contributed by atoms with Gasteiger partial charge in [-0.1, -0.05) is 13.3 Å². The number of aromatic nitrogens is 2. The molecule has 0 aliphatic rings. The number of nitrogens with one attached hydrogen (secondary N) is 3. The average molecular weight is 348 g/mol. The van der Waals surface area contributed by atoms with Crippen LogP contribution >= 0.6 is 28.1 Å². The zero-order valence-corrected chi connectivity index (χ0v) is 13.6. The standard InChI is InChI=1S/C11H18BrN5OS/c1-4-5-6-13-11(19)15-14-10(18)9-8(12)7(2)17(3)16-9/h4-6H2,1-3H3,(H,14,18)(H2,13,15,19). The number of thiocarbonyl (C=S) groups is 1. The van der Waals surface area contributed by atoms with Crippen LogP contribution in [0, 0.1) is 6.92 Å². The summed E-state index contributed by atoms with van der Waals surface area (Å²) in [5.74, 6) is -0.338. The molecule has 6 nitrogen and oxygen atoms in total. The number of hydrogen-bond donors (Lipinski definition) is 3. The maximum Gasteiger partial charge on any atom is 0.291 e. The van der Waals surface area contributed by atoms with Crippen molar-refractivity contribution < 1.29 is 4.79 Å². The van der Waals surface area contributed by atoms with Crippen LogP contribution in [0.25, 0.3) is 0 Å². The highest BCUT2D eigenvalue weighted by Gasteiger charge is 2.17. The second-order valence-electron chi connectivity index (χ2n) is 4.06. The molecule has 0 saturated heterocycles. The summed E-state index contributed by atoms with van der Waals surface area (Å²) in [7, 11) is 1.78. The summed E-state index contributed by atoms with van der Waals surface area (Å²) in [6.07, 6.45) is 2.11. The Labute approximate surface area is 126 Å². The van der Waals surface area contributed by atoms with Crippen LogP contribution in [0.2, 0.25) is 0 Å². The summed E-state index contributed by atoms with van der Waals surface area (Å²) in [4.78, 5) is 11.9. The second kappa shape index (κ2) is 7.44. The van der Waals surface area contributed by atoms with Crippen molar-refractivity contribution in [1.29, 1.82) is 0 Å². The molecule has 1 aromatic heterocycles. The number of amides is 1. The van der Waals surface area contributed by atoms with Crippen LogP contribution in [0.1, 0.15) is 35.9 Å². The molecule has 0 unspecified atom stereocenters. The molecule has 106 valence electrons. The number of nitrogens with zero attached hydrogens (tertiary/aromatic N) is 2. The van der Waals surface area contributed by atoms with Crippen LogP contribution in [-0.2, 0) is 7.05 Å². The molecule has 0 saturated carbocycles. The fraction of sp³-hybridized carbons (Fsp3) is 0.545. The van der Waals surface area contributed by atoms with E-state index in [-0.39, 0.29) is 5.91 Å². The van der Waals surface area contributed by atoms with E-state index in [4.69, 9.17) is 12.2 Å². The highest BCUT2D eigenvalue weighted by molar-refractivity contribution is 9.10. The zero-order chi connectivity index (χ0) is 14.4. The lowest BCUT2D eigenvalue weighted by atomic mass is 10.3. The fourth-order valence-corrected chi connectivity index (χ4v) is 1.99. The highest BCUT2D eigenvalue weighted by Crippen LogP contribution is 2.19. The number of unbranched alkanes of at least 4 members (excludes halogenated alkanes) is 1. The molecule has 0 atom stereocenters. The van der Waals surface area contributed by atoms with Gasteiger partial charge in [-0.05, 0) is 41.5 Å². The van der Waals surface area contributed by atoms with Crippen LogP contribution in [0.3, 0.4) is 0 Å². The van der Waals surface area contributed by atoms with Crippen molar-refractivity contribution in [3.63, 3.8) is 0 Å². The van der Waals surface area contributed by atoms with Gasteiger partial charge >= 0.3 is 0 Å². The van der Waals surface area contributed by atoms with E-state index in [0.29, 0.717) is 15.3 Å². The molecule has 0 aliphatic heterocycles. The van der Waals surface area contributed by atoms with Crippen molar-refractivity contribution in [2.24, 2.45) is 7.05 Å². The van der Waals surface area contributed by atoms with Crippen molar-refractivity contribution in [3.05, 3.63) is 15.9 Å². The molecule has 19 heavy (non-hydrogen) atoms. The normalized spacial score (nSPS) is 10.1. The summed E-state index contributed by atoms with van der Waals surface area (Å²) >= 11 is 8.36. The summed E-state index contributed by atoms with van der Waals surface area (Å²) in [5.41, 5.74) is 6.36. The summed E-state index contributed by atoms with van der Waals surface area (Å²) in [6, 6.07) is 0. The number of halogens is 1. The number of hydrogen-bond acceptors (Lipinski definition) is 3. The zero-order valence-electron chi connectivity index (χ0n) is 11.2. The molecule has 1 amide bonds. The van der Waals surface area contributed by atoms with Crippen molar-refractivity contribution in [2.45, 2.75) is 26.7 Å². The Morgan fingerprint density at radius 2 is 2.16 bits per heavy atom. The molecule has 1 rings (SSSR count). The predicted octanol–water partition coefficient (Wildman–Crippen LogP) is 1.40. The van der Waals surface area contributed by atoms with E-state index in [9.17, 15) is 4.79 Å². The lowest BCUT2D eigenvalue weighted by molar-refractivity contribution is 0.0937. The lowest BCUT2D eigenvalue weighted by Gasteiger charge is -2.10. The van der Waals surface area contributed by atoms with E-state index in [2.05, 4.69) is 44.1 Å². The van der Waals surface area contributed by atoms with E-state index >= 15 is 0 Å². The SMILES string of the molecule is CCCCNC(=S)NNC(=O)c1nn(C)c(C)c1Br. The molecule has 8 heteroatoms. The maximum absolute atomic E-state index is 11.9. The quantitative estimate of drug-likeness (QED) is 0.436. The molecule has 0 aliphatic carbocycles. The molecule has 3 N–H and O–H groups in total. The molecule has 0 aromatic carbocycles. The average Bonchev–Trinajstić information content (AvgIpc) is 2.64. The van der Waals surface area contributed by atoms with Gasteiger partial charge in [0.05, 0.1) is 10.2 Å². The van der Waals surface area contributed by atoms with Crippen LogP contribution in [-0.4, -0.2) is 27.3 Å².